The van der Waals surface area contributed by atoms with Crippen molar-refractivity contribution in [2.24, 2.45) is 0 Å². The highest BCUT2D eigenvalue weighted by Gasteiger charge is 2.33. The van der Waals surface area contributed by atoms with E-state index in [1.807, 2.05) is 0 Å². The Balaban J connectivity index is 1.30. The fourth-order valence-electron chi connectivity index (χ4n) is 6.06. The predicted molar refractivity (Wildman–Crippen MR) is 171 cm³/mol. The lowest BCUT2D eigenvalue weighted by Crippen LogP contribution is -2.56. The number of aromatic nitrogens is 1. The first-order valence-corrected chi connectivity index (χ1v) is 16.1. The van der Waals surface area contributed by atoms with Crippen molar-refractivity contribution in [1.82, 2.24) is 25.0 Å². The van der Waals surface area contributed by atoms with Gasteiger partial charge in [-0.25, -0.2) is 18.6 Å². The molecule has 0 saturated carbocycles. The monoisotopic (exact) mass is 681 g/mol. The number of rotatable bonds is 11. The number of nitrogens with zero attached hydrogens (tertiary/aromatic N) is 4. The van der Waals surface area contributed by atoms with Gasteiger partial charge in [-0.2, -0.15) is 0 Å². The number of carboxylic acid groups (broad SMARTS) is 1. The molecular weight excluding hydrogens is 644 g/mol. The number of carbonyl (C=O) groups is 5. The zero-order valence-corrected chi connectivity index (χ0v) is 26.9. The third-order valence-corrected chi connectivity index (χ3v) is 8.52. The van der Waals surface area contributed by atoms with Gasteiger partial charge in [-0.3, -0.25) is 19.2 Å². The summed E-state index contributed by atoms with van der Waals surface area (Å²) in [4.78, 5) is 72.6. The van der Waals surface area contributed by atoms with E-state index in [2.05, 4.69) is 10.3 Å². The molecule has 2 saturated heterocycles. The molecule has 0 bridgehead atoms. The van der Waals surface area contributed by atoms with E-state index in [9.17, 15) is 37.9 Å². The molecule has 2 atom stereocenters. The maximum atomic E-state index is 14.6. The lowest BCUT2D eigenvalue weighted by molar-refractivity contribution is -0.138. The number of fused-ring (bicyclic) bond motifs is 1. The Morgan fingerprint density at radius 2 is 1.73 bits per heavy atom. The molecule has 5 rings (SSSR count). The fraction of sp³-hybridized carbons (Fsp3) is 0.412. The number of likely N-dealkylation sites (tertiary alicyclic amines) is 1. The van der Waals surface area contributed by atoms with E-state index < -0.39 is 60.1 Å². The summed E-state index contributed by atoms with van der Waals surface area (Å²) < 4.78 is 39.0. The third-order valence-electron chi connectivity index (χ3n) is 8.52. The van der Waals surface area contributed by atoms with Crippen LogP contribution in [0.25, 0.3) is 10.9 Å². The van der Waals surface area contributed by atoms with Gasteiger partial charge in [0.15, 0.2) is 6.61 Å². The van der Waals surface area contributed by atoms with Gasteiger partial charge in [0.1, 0.15) is 29.1 Å². The fourth-order valence-corrected chi connectivity index (χ4v) is 6.06. The van der Waals surface area contributed by atoms with Crippen LogP contribution in [0.1, 0.15) is 54.7 Å². The number of nitrogens with one attached hydrogen (secondary N) is 1. The molecule has 2 aromatic carbocycles. The quantitative estimate of drug-likeness (QED) is 0.309. The Hall–Kier alpha value is -5.34. The second-order valence-corrected chi connectivity index (χ2v) is 11.7. The van der Waals surface area contributed by atoms with Gasteiger partial charge in [0.05, 0.1) is 18.2 Å². The average Bonchev–Trinajstić information content (AvgIpc) is 3.58. The molecule has 2 aliphatic heterocycles. The molecule has 0 spiro atoms. The Bertz CT molecular complexity index is 1730. The number of hydrogen-bond donors (Lipinski definition) is 2. The van der Waals surface area contributed by atoms with Crippen LogP contribution in [0.5, 0.6) is 5.75 Å². The Kier molecular flexibility index (Phi) is 11.2. The summed E-state index contributed by atoms with van der Waals surface area (Å²) in [5, 5.41) is 12.4. The van der Waals surface area contributed by atoms with Crippen LogP contribution in [0.4, 0.5) is 13.6 Å². The number of hydrogen-bond acceptors (Lipinski definition) is 8. The summed E-state index contributed by atoms with van der Waals surface area (Å²) in [6.45, 7) is 2.59. The highest BCUT2D eigenvalue weighted by Crippen LogP contribution is 2.34. The summed E-state index contributed by atoms with van der Waals surface area (Å²) >= 11 is 0. The minimum atomic E-state index is -1.20. The molecule has 0 aliphatic carbocycles. The molecule has 2 aliphatic rings. The molecule has 0 radical (unpaired) electrons. The first kappa shape index (κ1) is 35.0. The second-order valence-electron chi connectivity index (χ2n) is 11.7. The number of carboxylic acids is 1. The number of benzene rings is 2. The lowest BCUT2D eigenvalue weighted by atomic mass is 10.0. The minimum Gasteiger partial charge on any atom is -0.483 e. The number of halogens is 2. The Morgan fingerprint density at radius 3 is 2.45 bits per heavy atom. The van der Waals surface area contributed by atoms with Crippen molar-refractivity contribution in [3.63, 3.8) is 0 Å². The predicted octanol–water partition coefficient (Wildman–Crippen LogP) is 3.52. The van der Waals surface area contributed by atoms with Crippen LogP contribution in [-0.4, -0.2) is 107 Å². The summed E-state index contributed by atoms with van der Waals surface area (Å²) in [6.07, 6.45) is 0.0581. The van der Waals surface area contributed by atoms with E-state index in [1.165, 1.54) is 26.8 Å². The summed E-state index contributed by atoms with van der Waals surface area (Å²) in [6, 6.07) is 9.60. The molecule has 2 N–H and O–H groups in total. The molecule has 260 valence electrons. The first-order chi connectivity index (χ1) is 23.5. The number of carbonyl (C=O) groups excluding carboxylic acids is 4. The molecular formula is C34H37F2N5O8. The van der Waals surface area contributed by atoms with E-state index in [0.717, 1.165) is 12.1 Å². The molecule has 49 heavy (non-hydrogen) atoms. The average molecular weight is 682 g/mol. The van der Waals surface area contributed by atoms with Crippen LogP contribution in [0.3, 0.4) is 0 Å². The zero-order valence-electron chi connectivity index (χ0n) is 26.9. The molecule has 3 aromatic rings. The van der Waals surface area contributed by atoms with Crippen LogP contribution in [-0.2, 0) is 19.1 Å². The van der Waals surface area contributed by atoms with Crippen LogP contribution in [0.2, 0.25) is 0 Å². The van der Waals surface area contributed by atoms with E-state index in [1.54, 1.807) is 31.2 Å². The van der Waals surface area contributed by atoms with E-state index in [0.29, 0.717) is 30.3 Å². The number of piperazine rings is 1. The lowest BCUT2D eigenvalue weighted by Gasteiger charge is -2.35. The molecule has 1 aromatic heterocycles. The van der Waals surface area contributed by atoms with Crippen LogP contribution in [0, 0.1) is 11.6 Å². The largest absolute Gasteiger partial charge is 0.483 e. The van der Waals surface area contributed by atoms with E-state index in [4.69, 9.17) is 9.47 Å². The normalized spacial score (nSPS) is 16.7. The number of ether oxygens (including phenoxy) is 2. The maximum absolute atomic E-state index is 14.6. The van der Waals surface area contributed by atoms with Crippen molar-refractivity contribution in [1.29, 1.82) is 0 Å². The van der Waals surface area contributed by atoms with Crippen molar-refractivity contribution in [2.45, 2.75) is 44.7 Å². The smallest absolute Gasteiger partial charge is 0.409 e. The first-order valence-electron chi connectivity index (χ1n) is 16.1. The SMILES string of the molecule is CCOC(=O)N1CCN(C(=O)C(CCC(=O)O)NC(=O)c2cc(OCC(=O)N3CCCC3c3ccc(F)cc3F)c3ccccc3n2)CC1. The Labute approximate surface area is 280 Å². The molecule has 13 nitrogen and oxygen atoms in total. The van der Waals surface area contributed by atoms with Crippen molar-refractivity contribution < 1.29 is 47.3 Å². The summed E-state index contributed by atoms with van der Waals surface area (Å²) in [7, 11) is 0. The van der Waals surface area contributed by atoms with Crippen molar-refractivity contribution in [3.8, 4) is 5.75 Å². The van der Waals surface area contributed by atoms with Gasteiger partial charge in [-0.05, 0) is 44.4 Å². The minimum absolute atomic E-state index is 0.131. The van der Waals surface area contributed by atoms with Crippen molar-refractivity contribution >= 4 is 40.7 Å². The summed E-state index contributed by atoms with van der Waals surface area (Å²) in [5.41, 5.74) is 0.454. The molecule has 15 heteroatoms. The van der Waals surface area contributed by atoms with Gasteiger partial charge in [0, 0.05) is 62.2 Å². The van der Waals surface area contributed by atoms with Gasteiger partial charge in [-0.15, -0.1) is 0 Å². The molecule has 4 amide bonds. The highest BCUT2D eigenvalue weighted by molar-refractivity contribution is 5.99. The highest BCUT2D eigenvalue weighted by atomic mass is 19.1. The zero-order chi connectivity index (χ0) is 35.1. The van der Waals surface area contributed by atoms with Crippen molar-refractivity contribution in [2.75, 3.05) is 45.9 Å². The van der Waals surface area contributed by atoms with Gasteiger partial charge >= 0.3 is 12.1 Å². The Morgan fingerprint density at radius 1 is 1.00 bits per heavy atom. The maximum Gasteiger partial charge on any atom is 0.409 e. The van der Waals surface area contributed by atoms with Gasteiger partial charge in [-0.1, -0.05) is 18.2 Å². The molecule has 2 fully saturated rings. The topological polar surface area (TPSA) is 159 Å². The standard InChI is InChI=1S/C34H37F2N5O8/c1-2-48-34(47)40-16-14-39(15-17-40)33(46)26(11-12-31(43)44)38-32(45)27-19-29(23-6-3-4-7-25(23)37-27)49-20-30(42)41-13-5-8-28(41)22-10-9-21(35)18-24(22)36/h3-4,6-7,9-10,18-19,26,28H,2,5,8,11-17,20H2,1H3,(H,38,45)(H,43,44). The van der Waals surface area contributed by atoms with Crippen LogP contribution >= 0.6 is 0 Å². The van der Waals surface area contributed by atoms with Gasteiger partial charge in [0.2, 0.25) is 5.91 Å². The number of para-hydroxylation sites is 1. The van der Waals surface area contributed by atoms with E-state index >= 15 is 0 Å². The third kappa shape index (κ3) is 8.39. The van der Waals surface area contributed by atoms with Crippen LogP contribution in [0.15, 0.2) is 48.5 Å². The van der Waals surface area contributed by atoms with Gasteiger partial charge in [0.25, 0.3) is 11.8 Å². The number of amides is 4. The van der Waals surface area contributed by atoms with Gasteiger partial charge < -0.3 is 34.6 Å². The molecule has 3 heterocycles. The van der Waals surface area contributed by atoms with E-state index in [-0.39, 0.29) is 62.6 Å². The number of pyridine rings is 1. The second kappa shape index (κ2) is 15.7. The molecule has 2 unspecified atom stereocenters. The number of aliphatic carboxylic acids is 1. The summed E-state index contributed by atoms with van der Waals surface area (Å²) in [5.74, 6) is -4.12. The van der Waals surface area contributed by atoms with Crippen LogP contribution < -0.4 is 10.1 Å². The van der Waals surface area contributed by atoms with Crippen molar-refractivity contribution in [3.05, 3.63) is 71.4 Å².